The second-order valence-electron chi connectivity index (χ2n) is 6.14. The smallest absolute Gasteiger partial charge is 0.256 e. The van der Waals surface area contributed by atoms with Crippen LogP contribution in [0.2, 0.25) is 0 Å². The Morgan fingerprint density at radius 1 is 1.42 bits per heavy atom. The number of fused-ring (bicyclic) bond motifs is 1. The van der Waals surface area contributed by atoms with Crippen molar-refractivity contribution in [2.45, 2.75) is 44.9 Å². The minimum atomic E-state index is -0.856. The van der Waals surface area contributed by atoms with Crippen LogP contribution < -0.4 is 0 Å². The lowest BCUT2D eigenvalue weighted by atomic mass is 9.93. The van der Waals surface area contributed by atoms with E-state index < -0.39 is 5.60 Å². The van der Waals surface area contributed by atoms with Crippen LogP contribution in [0.5, 0.6) is 0 Å². The molecular formula is C15H18BrNO2. The maximum atomic E-state index is 12.6. The van der Waals surface area contributed by atoms with Crippen molar-refractivity contribution < 1.29 is 9.90 Å². The number of amides is 1. The summed E-state index contributed by atoms with van der Waals surface area (Å²) in [6, 6.07) is 5.76. The first-order chi connectivity index (χ1) is 8.89. The number of aliphatic hydroxyl groups is 1. The van der Waals surface area contributed by atoms with E-state index >= 15 is 0 Å². The maximum Gasteiger partial charge on any atom is 0.256 e. The minimum absolute atomic E-state index is 0.0431. The van der Waals surface area contributed by atoms with Crippen LogP contribution >= 0.6 is 15.9 Å². The minimum Gasteiger partial charge on any atom is -0.388 e. The molecule has 0 aromatic heterocycles. The molecule has 0 bridgehead atoms. The molecule has 19 heavy (non-hydrogen) atoms. The summed E-state index contributed by atoms with van der Waals surface area (Å²) in [7, 11) is 0. The van der Waals surface area contributed by atoms with Crippen LogP contribution in [-0.2, 0) is 6.54 Å². The van der Waals surface area contributed by atoms with Gasteiger partial charge in [0.05, 0.1) is 17.2 Å². The number of carbonyl (C=O) groups excluding carboxylic acids is 1. The van der Waals surface area contributed by atoms with Gasteiger partial charge >= 0.3 is 0 Å². The van der Waals surface area contributed by atoms with E-state index in [0.717, 1.165) is 28.4 Å². The monoisotopic (exact) mass is 323 g/mol. The quantitative estimate of drug-likeness (QED) is 0.929. The molecule has 102 valence electrons. The van der Waals surface area contributed by atoms with Gasteiger partial charge < -0.3 is 10.0 Å². The number of benzene rings is 1. The maximum absolute atomic E-state index is 12.6. The van der Waals surface area contributed by atoms with E-state index in [2.05, 4.69) is 15.9 Å². The van der Waals surface area contributed by atoms with Gasteiger partial charge in [0.2, 0.25) is 0 Å². The number of rotatable bonds is 3. The Kier molecular flexibility index (Phi) is 2.98. The fourth-order valence-electron chi connectivity index (χ4n) is 3.19. The van der Waals surface area contributed by atoms with E-state index in [0.29, 0.717) is 12.5 Å². The lowest BCUT2D eigenvalue weighted by Crippen LogP contribution is -2.51. The number of halogens is 1. The Morgan fingerprint density at radius 3 is 2.63 bits per heavy atom. The predicted octanol–water partition coefficient (Wildman–Crippen LogP) is 2.95. The van der Waals surface area contributed by atoms with Gasteiger partial charge in [0.15, 0.2) is 0 Å². The van der Waals surface area contributed by atoms with Crippen LogP contribution in [0, 0.1) is 5.92 Å². The summed E-state index contributed by atoms with van der Waals surface area (Å²) in [5.74, 6) is 0.485. The van der Waals surface area contributed by atoms with Gasteiger partial charge in [-0.25, -0.2) is 0 Å². The van der Waals surface area contributed by atoms with Crippen molar-refractivity contribution in [1.82, 2.24) is 4.90 Å². The Balaban J connectivity index is 1.97. The molecule has 1 aromatic carbocycles. The van der Waals surface area contributed by atoms with Crippen LogP contribution in [-0.4, -0.2) is 27.6 Å². The topological polar surface area (TPSA) is 40.5 Å². The number of hydrogen-bond acceptors (Lipinski definition) is 2. The zero-order valence-electron chi connectivity index (χ0n) is 11.2. The molecule has 3 nitrogen and oxygen atoms in total. The molecular weight excluding hydrogens is 306 g/mol. The third kappa shape index (κ3) is 2.21. The highest BCUT2D eigenvalue weighted by Crippen LogP contribution is 2.43. The van der Waals surface area contributed by atoms with Crippen molar-refractivity contribution in [3.63, 3.8) is 0 Å². The van der Waals surface area contributed by atoms with Crippen LogP contribution in [0.1, 0.15) is 42.6 Å². The van der Waals surface area contributed by atoms with Crippen LogP contribution in [0.4, 0.5) is 0 Å². The van der Waals surface area contributed by atoms with Crippen molar-refractivity contribution in [3.8, 4) is 0 Å². The molecule has 1 aromatic rings. The first kappa shape index (κ1) is 13.1. The lowest BCUT2D eigenvalue weighted by molar-refractivity contribution is -0.0224. The van der Waals surface area contributed by atoms with Crippen molar-refractivity contribution in [3.05, 3.63) is 33.8 Å². The van der Waals surface area contributed by atoms with Gasteiger partial charge in [0, 0.05) is 11.0 Å². The largest absolute Gasteiger partial charge is 0.388 e. The first-order valence-corrected chi connectivity index (χ1v) is 7.49. The summed E-state index contributed by atoms with van der Waals surface area (Å²) in [4.78, 5) is 14.5. The Labute approximate surface area is 121 Å². The molecule has 1 saturated carbocycles. The molecule has 1 aliphatic carbocycles. The zero-order chi connectivity index (χ0) is 13.8. The normalized spacial score (nSPS) is 20.6. The average molecular weight is 324 g/mol. The van der Waals surface area contributed by atoms with Crippen molar-refractivity contribution in [1.29, 1.82) is 0 Å². The van der Waals surface area contributed by atoms with Gasteiger partial charge in [0.1, 0.15) is 0 Å². The summed E-state index contributed by atoms with van der Waals surface area (Å²) < 4.78 is 0.850. The molecule has 1 unspecified atom stereocenters. The third-order valence-corrected chi connectivity index (χ3v) is 4.70. The molecule has 0 spiro atoms. The lowest BCUT2D eigenvalue weighted by Gasteiger charge is -2.37. The first-order valence-electron chi connectivity index (χ1n) is 6.70. The molecule has 1 aliphatic heterocycles. The number of nitrogens with zero attached hydrogens (tertiary/aromatic N) is 1. The second-order valence-corrected chi connectivity index (χ2v) is 7.00. The van der Waals surface area contributed by atoms with Gasteiger partial charge in [-0.3, -0.25) is 4.79 Å². The fraction of sp³-hybridized carbons (Fsp3) is 0.533. The standard InChI is InChI=1S/C15H18BrNO2/c1-15(2,19)13(9-6-7-9)17-8-10-4-3-5-11(16)12(10)14(17)18/h3-5,9,13,19H,6-8H2,1-2H3. The van der Waals surface area contributed by atoms with Crippen LogP contribution in [0.25, 0.3) is 0 Å². The molecule has 1 N–H and O–H groups in total. The molecule has 2 aliphatic rings. The van der Waals surface area contributed by atoms with E-state index in [1.165, 1.54) is 0 Å². The molecule has 0 radical (unpaired) electrons. The molecule has 1 fully saturated rings. The molecule has 1 amide bonds. The van der Waals surface area contributed by atoms with Gasteiger partial charge in [0.25, 0.3) is 5.91 Å². The number of hydrogen-bond donors (Lipinski definition) is 1. The summed E-state index contributed by atoms with van der Waals surface area (Å²) in [6.07, 6.45) is 2.21. The second kappa shape index (κ2) is 4.32. The summed E-state index contributed by atoms with van der Waals surface area (Å²) in [5, 5.41) is 10.4. The van der Waals surface area contributed by atoms with Crippen molar-refractivity contribution in [2.24, 2.45) is 5.92 Å². The zero-order valence-corrected chi connectivity index (χ0v) is 12.8. The molecule has 0 saturated heterocycles. The molecule has 1 heterocycles. The van der Waals surface area contributed by atoms with Crippen molar-refractivity contribution in [2.75, 3.05) is 0 Å². The van der Waals surface area contributed by atoms with Gasteiger partial charge in [-0.1, -0.05) is 12.1 Å². The summed E-state index contributed by atoms with van der Waals surface area (Å²) in [6.45, 7) is 4.22. The highest BCUT2D eigenvalue weighted by Gasteiger charge is 2.47. The van der Waals surface area contributed by atoms with Gasteiger partial charge in [-0.15, -0.1) is 0 Å². The highest BCUT2D eigenvalue weighted by molar-refractivity contribution is 9.10. The van der Waals surface area contributed by atoms with E-state index in [9.17, 15) is 9.90 Å². The Morgan fingerprint density at radius 2 is 2.11 bits per heavy atom. The van der Waals surface area contributed by atoms with E-state index in [1.807, 2.05) is 23.1 Å². The van der Waals surface area contributed by atoms with E-state index in [4.69, 9.17) is 0 Å². The SMILES string of the molecule is CC(C)(O)C(C1CC1)N1Cc2cccc(Br)c2C1=O. The average Bonchev–Trinajstić information content (AvgIpc) is 3.04. The van der Waals surface area contributed by atoms with Gasteiger partial charge in [-0.2, -0.15) is 0 Å². The molecule has 1 atom stereocenters. The number of carbonyl (C=O) groups is 1. The van der Waals surface area contributed by atoms with E-state index in [-0.39, 0.29) is 11.9 Å². The van der Waals surface area contributed by atoms with Gasteiger partial charge in [-0.05, 0) is 60.2 Å². The summed E-state index contributed by atoms with van der Waals surface area (Å²) >= 11 is 3.46. The van der Waals surface area contributed by atoms with Crippen LogP contribution in [0.15, 0.2) is 22.7 Å². The Hall–Kier alpha value is -0.870. The highest BCUT2D eigenvalue weighted by atomic mass is 79.9. The summed E-state index contributed by atoms with van der Waals surface area (Å²) in [5.41, 5.74) is 0.956. The van der Waals surface area contributed by atoms with Crippen LogP contribution in [0.3, 0.4) is 0 Å². The molecule has 4 heteroatoms. The molecule has 3 rings (SSSR count). The van der Waals surface area contributed by atoms with Crippen molar-refractivity contribution >= 4 is 21.8 Å². The predicted molar refractivity (Wildman–Crippen MR) is 76.8 cm³/mol. The fourth-order valence-corrected chi connectivity index (χ4v) is 3.77. The third-order valence-electron chi connectivity index (χ3n) is 4.04. The Bertz CT molecular complexity index is 531. The van der Waals surface area contributed by atoms with E-state index in [1.54, 1.807) is 13.8 Å².